The van der Waals surface area contributed by atoms with Crippen LogP contribution in [0.3, 0.4) is 0 Å². The van der Waals surface area contributed by atoms with Gasteiger partial charge in [0.1, 0.15) is 0 Å². The molecule has 0 saturated heterocycles. The number of rotatable bonds is 4. The lowest BCUT2D eigenvalue weighted by atomic mass is 9.97. The van der Waals surface area contributed by atoms with Gasteiger partial charge in [-0.05, 0) is 24.8 Å². The van der Waals surface area contributed by atoms with Crippen molar-refractivity contribution in [2.75, 3.05) is 7.11 Å². The van der Waals surface area contributed by atoms with Gasteiger partial charge in [-0.3, -0.25) is 4.79 Å². The van der Waals surface area contributed by atoms with Crippen molar-refractivity contribution in [2.45, 2.75) is 26.7 Å². The average Bonchev–Trinajstić information content (AvgIpc) is 2.21. The maximum atomic E-state index is 11.0. The molecule has 2 heteroatoms. The summed E-state index contributed by atoms with van der Waals surface area (Å²) in [5, 5.41) is 0. The van der Waals surface area contributed by atoms with E-state index in [-0.39, 0.29) is 5.97 Å². The van der Waals surface area contributed by atoms with E-state index in [4.69, 9.17) is 0 Å². The van der Waals surface area contributed by atoms with Crippen molar-refractivity contribution in [2.24, 2.45) is 5.92 Å². The molecule has 0 spiro atoms. The Morgan fingerprint density at radius 3 is 2.47 bits per heavy atom. The number of benzene rings is 1. The van der Waals surface area contributed by atoms with Crippen LogP contribution in [0.15, 0.2) is 24.3 Å². The fourth-order valence-corrected chi connectivity index (χ4v) is 1.57. The van der Waals surface area contributed by atoms with Gasteiger partial charge < -0.3 is 4.74 Å². The van der Waals surface area contributed by atoms with Gasteiger partial charge in [0, 0.05) is 6.42 Å². The maximum Gasteiger partial charge on any atom is 0.305 e. The molecule has 82 valence electrons. The highest BCUT2D eigenvalue weighted by Crippen LogP contribution is 2.13. The molecular weight excluding hydrogens is 188 g/mol. The van der Waals surface area contributed by atoms with Crippen LogP contribution in [0.5, 0.6) is 0 Å². The predicted octanol–water partition coefficient (Wildman–Crippen LogP) is 2.74. The van der Waals surface area contributed by atoms with E-state index in [0.29, 0.717) is 12.3 Å². The number of esters is 1. The van der Waals surface area contributed by atoms with Crippen molar-refractivity contribution in [3.05, 3.63) is 35.4 Å². The van der Waals surface area contributed by atoms with Crippen molar-refractivity contribution in [3.8, 4) is 0 Å². The van der Waals surface area contributed by atoms with E-state index in [0.717, 1.165) is 6.42 Å². The van der Waals surface area contributed by atoms with Crippen LogP contribution in [0.1, 0.15) is 24.5 Å². The molecule has 0 N–H and O–H groups in total. The van der Waals surface area contributed by atoms with Crippen LogP contribution in [-0.2, 0) is 16.0 Å². The van der Waals surface area contributed by atoms with Crippen LogP contribution in [0.4, 0.5) is 0 Å². The number of aryl methyl sites for hydroxylation is 1. The number of carbonyl (C=O) groups excluding carboxylic acids is 1. The van der Waals surface area contributed by atoms with Gasteiger partial charge in [0.05, 0.1) is 7.11 Å². The normalized spacial score (nSPS) is 12.2. The summed E-state index contributed by atoms with van der Waals surface area (Å²) in [4.78, 5) is 11.0. The van der Waals surface area contributed by atoms with Crippen LogP contribution in [0.2, 0.25) is 0 Å². The van der Waals surface area contributed by atoms with Crippen molar-refractivity contribution in [3.63, 3.8) is 0 Å². The minimum absolute atomic E-state index is 0.130. The fraction of sp³-hybridized carbons (Fsp3) is 0.462. The van der Waals surface area contributed by atoms with Gasteiger partial charge in [-0.15, -0.1) is 0 Å². The van der Waals surface area contributed by atoms with Crippen molar-refractivity contribution >= 4 is 5.97 Å². The Balaban J connectivity index is 2.47. The monoisotopic (exact) mass is 206 g/mol. The predicted molar refractivity (Wildman–Crippen MR) is 60.7 cm³/mol. The van der Waals surface area contributed by atoms with Gasteiger partial charge in [0.25, 0.3) is 0 Å². The zero-order chi connectivity index (χ0) is 11.3. The average molecular weight is 206 g/mol. The molecule has 1 aromatic rings. The van der Waals surface area contributed by atoms with E-state index in [1.165, 1.54) is 18.2 Å². The summed E-state index contributed by atoms with van der Waals surface area (Å²) in [5.41, 5.74) is 2.54. The molecular formula is C13H18O2. The molecule has 0 bridgehead atoms. The van der Waals surface area contributed by atoms with E-state index in [9.17, 15) is 4.79 Å². The summed E-state index contributed by atoms with van der Waals surface area (Å²) < 4.78 is 4.64. The molecule has 0 saturated carbocycles. The van der Waals surface area contributed by atoms with Crippen molar-refractivity contribution < 1.29 is 9.53 Å². The largest absolute Gasteiger partial charge is 0.469 e. The lowest BCUT2D eigenvalue weighted by Gasteiger charge is -2.09. The second-order valence-corrected chi connectivity index (χ2v) is 4.08. The summed E-state index contributed by atoms with van der Waals surface area (Å²) in [6.45, 7) is 4.14. The maximum absolute atomic E-state index is 11.0. The van der Waals surface area contributed by atoms with E-state index >= 15 is 0 Å². The van der Waals surface area contributed by atoms with E-state index in [1.54, 1.807) is 0 Å². The third kappa shape index (κ3) is 4.15. The van der Waals surface area contributed by atoms with Gasteiger partial charge in [-0.25, -0.2) is 0 Å². The SMILES string of the molecule is COC(=O)CC(C)Cc1ccc(C)cc1. The van der Waals surface area contributed by atoms with Crippen LogP contribution in [-0.4, -0.2) is 13.1 Å². The molecule has 2 nitrogen and oxygen atoms in total. The second-order valence-electron chi connectivity index (χ2n) is 4.08. The molecule has 0 radical (unpaired) electrons. The molecule has 0 aromatic heterocycles. The lowest BCUT2D eigenvalue weighted by Crippen LogP contribution is -2.09. The number of methoxy groups -OCH3 is 1. The summed E-state index contributed by atoms with van der Waals surface area (Å²) in [7, 11) is 1.43. The highest BCUT2D eigenvalue weighted by atomic mass is 16.5. The first kappa shape index (κ1) is 11.8. The first-order valence-corrected chi connectivity index (χ1v) is 5.24. The number of ether oxygens (including phenoxy) is 1. The summed E-state index contributed by atoms with van der Waals surface area (Å²) >= 11 is 0. The zero-order valence-corrected chi connectivity index (χ0v) is 9.62. The van der Waals surface area contributed by atoms with E-state index in [2.05, 4.69) is 42.8 Å². The zero-order valence-electron chi connectivity index (χ0n) is 9.62. The smallest absolute Gasteiger partial charge is 0.305 e. The fourth-order valence-electron chi connectivity index (χ4n) is 1.57. The molecule has 0 aliphatic rings. The first-order chi connectivity index (χ1) is 7.11. The molecule has 0 heterocycles. The molecule has 0 fully saturated rings. The van der Waals surface area contributed by atoms with Crippen molar-refractivity contribution in [1.29, 1.82) is 0 Å². The van der Waals surface area contributed by atoms with Crippen molar-refractivity contribution in [1.82, 2.24) is 0 Å². The Hall–Kier alpha value is -1.31. The van der Waals surface area contributed by atoms with Gasteiger partial charge in [-0.2, -0.15) is 0 Å². The highest BCUT2D eigenvalue weighted by Gasteiger charge is 2.09. The first-order valence-electron chi connectivity index (χ1n) is 5.24. The molecule has 0 aliphatic carbocycles. The Kier molecular flexibility index (Phi) is 4.35. The Morgan fingerprint density at radius 1 is 1.33 bits per heavy atom. The van der Waals surface area contributed by atoms with Crippen LogP contribution >= 0.6 is 0 Å². The van der Waals surface area contributed by atoms with Crippen LogP contribution < -0.4 is 0 Å². The van der Waals surface area contributed by atoms with Gasteiger partial charge in [0.15, 0.2) is 0 Å². The van der Waals surface area contributed by atoms with Crippen LogP contribution in [0.25, 0.3) is 0 Å². The molecule has 1 aromatic carbocycles. The molecule has 1 unspecified atom stereocenters. The van der Waals surface area contributed by atoms with Gasteiger partial charge in [-0.1, -0.05) is 36.8 Å². The quantitative estimate of drug-likeness (QED) is 0.708. The van der Waals surface area contributed by atoms with E-state index in [1.807, 2.05) is 0 Å². The topological polar surface area (TPSA) is 26.3 Å². The Bertz CT molecular complexity index is 314. The molecule has 15 heavy (non-hydrogen) atoms. The summed E-state index contributed by atoms with van der Waals surface area (Å²) in [6, 6.07) is 8.42. The van der Waals surface area contributed by atoms with Crippen LogP contribution in [0, 0.1) is 12.8 Å². The number of carbonyl (C=O) groups is 1. The van der Waals surface area contributed by atoms with Gasteiger partial charge >= 0.3 is 5.97 Å². The summed E-state index contributed by atoms with van der Waals surface area (Å²) in [6.07, 6.45) is 1.42. The third-order valence-electron chi connectivity index (χ3n) is 2.45. The van der Waals surface area contributed by atoms with Gasteiger partial charge in [0.2, 0.25) is 0 Å². The minimum Gasteiger partial charge on any atom is -0.469 e. The number of hydrogen-bond donors (Lipinski definition) is 0. The highest BCUT2D eigenvalue weighted by molar-refractivity contribution is 5.69. The standard InChI is InChI=1S/C13H18O2/c1-10-4-6-12(7-5-10)8-11(2)9-13(14)15-3/h4-7,11H,8-9H2,1-3H3. The molecule has 0 aliphatic heterocycles. The summed E-state index contributed by atoms with van der Waals surface area (Å²) in [5.74, 6) is 0.203. The van der Waals surface area contributed by atoms with E-state index < -0.39 is 0 Å². The molecule has 1 atom stereocenters. The third-order valence-corrected chi connectivity index (χ3v) is 2.45. The molecule has 0 amide bonds. The molecule has 1 rings (SSSR count). The second kappa shape index (κ2) is 5.54. The Labute approximate surface area is 91.3 Å². The number of hydrogen-bond acceptors (Lipinski definition) is 2. The lowest BCUT2D eigenvalue weighted by molar-refractivity contribution is -0.141. The Morgan fingerprint density at radius 2 is 1.93 bits per heavy atom. The minimum atomic E-state index is -0.130.